The van der Waals surface area contributed by atoms with Crippen molar-refractivity contribution in [3.8, 4) is 0 Å². The van der Waals surface area contributed by atoms with Gasteiger partial charge in [0.15, 0.2) is 0 Å². The Kier molecular flexibility index (Phi) is 3.79. The molecule has 0 radical (unpaired) electrons. The Hall–Kier alpha value is -1.56. The summed E-state index contributed by atoms with van der Waals surface area (Å²) in [5.74, 6) is 1.35. The number of hydrogen-bond acceptors (Lipinski definition) is 3. The third kappa shape index (κ3) is 3.22. The van der Waals surface area contributed by atoms with Crippen molar-refractivity contribution < 1.29 is 9.53 Å². The second kappa shape index (κ2) is 5.82. The first-order valence-corrected chi connectivity index (χ1v) is 8.89. The number of urea groups is 1. The molecule has 1 aromatic rings. The van der Waals surface area contributed by atoms with Crippen LogP contribution in [0.15, 0.2) is 6.07 Å². The highest BCUT2D eigenvalue weighted by atomic mass is 16.5. The number of carbonyl (C=O) groups excluding carboxylic acids is 1. The lowest BCUT2D eigenvalue weighted by Gasteiger charge is -2.32. The number of ether oxygens (including phenoxy) is 1. The molecule has 2 amide bonds. The van der Waals surface area contributed by atoms with E-state index in [2.05, 4.69) is 15.7 Å². The fraction of sp³-hybridized carbons (Fsp3) is 0.765. The summed E-state index contributed by atoms with van der Waals surface area (Å²) < 4.78 is 7.80. The zero-order valence-electron chi connectivity index (χ0n) is 13.8. The van der Waals surface area contributed by atoms with Crippen molar-refractivity contribution >= 4 is 11.8 Å². The lowest BCUT2D eigenvalue weighted by atomic mass is 9.82. The monoisotopic (exact) mass is 318 g/mol. The second-order valence-corrected chi connectivity index (χ2v) is 7.41. The first-order chi connectivity index (χ1) is 11.1. The van der Waals surface area contributed by atoms with Crippen LogP contribution in [0.1, 0.15) is 63.0 Å². The minimum atomic E-state index is -0.156. The maximum absolute atomic E-state index is 12.3. The van der Waals surface area contributed by atoms with E-state index in [4.69, 9.17) is 4.74 Å². The molecule has 23 heavy (non-hydrogen) atoms. The van der Waals surface area contributed by atoms with Crippen LogP contribution in [0.4, 0.5) is 10.6 Å². The van der Waals surface area contributed by atoms with E-state index in [-0.39, 0.29) is 17.7 Å². The van der Waals surface area contributed by atoms with Crippen molar-refractivity contribution in [2.24, 2.45) is 7.05 Å². The molecule has 2 saturated carbocycles. The molecule has 126 valence electrons. The van der Waals surface area contributed by atoms with Gasteiger partial charge in [0.25, 0.3) is 0 Å². The number of anilines is 1. The average molecular weight is 318 g/mol. The first-order valence-electron chi connectivity index (χ1n) is 8.89. The highest BCUT2D eigenvalue weighted by molar-refractivity contribution is 5.88. The maximum atomic E-state index is 12.3. The van der Waals surface area contributed by atoms with E-state index in [1.807, 2.05) is 13.1 Å². The van der Waals surface area contributed by atoms with Gasteiger partial charge in [-0.1, -0.05) is 19.3 Å². The van der Waals surface area contributed by atoms with Crippen molar-refractivity contribution in [3.63, 3.8) is 0 Å². The maximum Gasteiger partial charge on any atom is 0.320 e. The summed E-state index contributed by atoms with van der Waals surface area (Å²) >= 11 is 0. The van der Waals surface area contributed by atoms with Crippen LogP contribution < -0.4 is 10.6 Å². The van der Waals surface area contributed by atoms with Crippen molar-refractivity contribution in [3.05, 3.63) is 11.8 Å². The van der Waals surface area contributed by atoms with E-state index < -0.39 is 0 Å². The molecule has 1 atom stereocenters. The molecule has 4 rings (SSSR count). The number of rotatable bonds is 3. The average Bonchev–Trinajstić information content (AvgIpc) is 3.23. The smallest absolute Gasteiger partial charge is 0.320 e. The van der Waals surface area contributed by atoms with Crippen LogP contribution in [0.5, 0.6) is 0 Å². The zero-order valence-corrected chi connectivity index (χ0v) is 13.8. The van der Waals surface area contributed by atoms with E-state index in [1.54, 1.807) is 4.68 Å². The normalized spacial score (nSPS) is 26.4. The van der Waals surface area contributed by atoms with Crippen molar-refractivity contribution in [2.75, 3.05) is 11.9 Å². The van der Waals surface area contributed by atoms with Crippen LogP contribution in [0.3, 0.4) is 0 Å². The summed E-state index contributed by atoms with van der Waals surface area (Å²) in [6, 6.07) is 1.95. The highest BCUT2D eigenvalue weighted by Crippen LogP contribution is 2.40. The van der Waals surface area contributed by atoms with E-state index in [0.717, 1.165) is 30.8 Å². The number of aromatic nitrogens is 2. The zero-order chi connectivity index (χ0) is 15.9. The number of aryl methyl sites for hydroxylation is 1. The third-order valence-corrected chi connectivity index (χ3v) is 5.45. The number of amides is 2. The van der Waals surface area contributed by atoms with Crippen LogP contribution in [0.25, 0.3) is 0 Å². The van der Waals surface area contributed by atoms with Gasteiger partial charge in [-0.3, -0.25) is 10.00 Å². The van der Waals surface area contributed by atoms with E-state index >= 15 is 0 Å². The van der Waals surface area contributed by atoms with Crippen LogP contribution in [-0.4, -0.2) is 34.1 Å². The lowest BCUT2D eigenvalue weighted by Crippen LogP contribution is -2.40. The first kappa shape index (κ1) is 15.0. The highest BCUT2D eigenvalue weighted by Gasteiger charge is 2.41. The van der Waals surface area contributed by atoms with Crippen molar-refractivity contribution in [2.45, 2.75) is 68.9 Å². The summed E-state index contributed by atoms with van der Waals surface area (Å²) in [6.45, 7) is 0.631. The summed E-state index contributed by atoms with van der Waals surface area (Å²) in [7, 11) is 1.87. The Labute approximate surface area is 137 Å². The van der Waals surface area contributed by atoms with Crippen LogP contribution >= 0.6 is 0 Å². The third-order valence-electron chi connectivity index (χ3n) is 5.45. The molecule has 1 spiro atoms. The Morgan fingerprint density at radius 3 is 2.87 bits per heavy atom. The molecule has 3 fully saturated rings. The largest absolute Gasteiger partial charge is 0.373 e. The Morgan fingerprint density at radius 1 is 1.35 bits per heavy atom. The van der Waals surface area contributed by atoms with Gasteiger partial charge in [0.05, 0.1) is 23.9 Å². The number of nitrogens with one attached hydrogen (secondary N) is 2. The number of hydrogen-bond donors (Lipinski definition) is 2. The molecule has 3 aliphatic rings. The molecule has 2 N–H and O–H groups in total. The van der Waals surface area contributed by atoms with E-state index in [0.29, 0.717) is 12.5 Å². The van der Waals surface area contributed by atoms with Gasteiger partial charge >= 0.3 is 6.03 Å². The molecule has 1 saturated heterocycles. The molecule has 0 bridgehead atoms. The molecular weight excluding hydrogens is 292 g/mol. The fourth-order valence-corrected chi connectivity index (χ4v) is 4.00. The van der Waals surface area contributed by atoms with Gasteiger partial charge in [-0.2, -0.15) is 5.10 Å². The van der Waals surface area contributed by atoms with Gasteiger partial charge < -0.3 is 10.1 Å². The Morgan fingerprint density at radius 2 is 2.13 bits per heavy atom. The predicted octanol–water partition coefficient (Wildman–Crippen LogP) is 2.91. The van der Waals surface area contributed by atoms with Crippen LogP contribution in [0, 0.1) is 0 Å². The molecule has 1 aliphatic heterocycles. The molecule has 0 unspecified atom stereocenters. The van der Waals surface area contributed by atoms with Gasteiger partial charge in [0, 0.05) is 19.0 Å². The van der Waals surface area contributed by atoms with Gasteiger partial charge in [0.2, 0.25) is 0 Å². The fourth-order valence-electron chi connectivity index (χ4n) is 4.00. The van der Waals surface area contributed by atoms with Crippen molar-refractivity contribution in [1.82, 2.24) is 15.1 Å². The lowest BCUT2D eigenvalue weighted by molar-refractivity contribution is -0.0245. The van der Waals surface area contributed by atoms with Gasteiger partial charge in [0.1, 0.15) is 5.82 Å². The standard InChI is InChI=1S/C17H26N4O2/c1-21-15(9-14(20-21)12-5-6-12)19-16(22)18-13-10-17(23-11-13)7-3-2-4-8-17/h9,12-13H,2-8,10-11H2,1H3,(H2,18,19,22)/t13-/m0/s1. The second-order valence-electron chi connectivity index (χ2n) is 7.41. The topological polar surface area (TPSA) is 68.2 Å². The predicted molar refractivity (Wildman–Crippen MR) is 87.5 cm³/mol. The molecule has 2 heterocycles. The van der Waals surface area contributed by atoms with Gasteiger partial charge in [-0.05, 0) is 32.1 Å². The SMILES string of the molecule is Cn1nc(C2CC2)cc1NC(=O)N[C@@H]1COC2(CCCCC2)C1. The molecule has 0 aromatic carbocycles. The molecular formula is C17H26N4O2. The van der Waals surface area contributed by atoms with Crippen LogP contribution in [-0.2, 0) is 11.8 Å². The summed E-state index contributed by atoms with van der Waals surface area (Å²) in [6.07, 6.45) is 9.45. The minimum Gasteiger partial charge on any atom is -0.373 e. The minimum absolute atomic E-state index is 0.0296. The number of nitrogens with zero attached hydrogens (tertiary/aromatic N) is 2. The summed E-state index contributed by atoms with van der Waals surface area (Å²) in [4.78, 5) is 12.3. The van der Waals surface area contributed by atoms with E-state index in [9.17, 15) is 4.79 Å². The molecule has 2 aliphatic carbocycles. The molecule has 1 aromatic heterocycles. The summed E-state index contributed by atoms with van der Waals surface area (Å²) in [5, 5.41) is 10.5. The Balaban J connectivity index is 1.32. The Bertz CT molecular complexity index is 587. The van der Waals surface area contributed by atoms with E-state index in [1.165, 1.54) is 32.1 Å². The molecule has 6 nitrogen and oxygen atoms in total. The quantitative estimate of drug-likeness (QED) is 0.900. The molecule has 6 heteroatoms. The van der Waals surface area contributed by atoms with Crippen LogP contribution in [0.2, 0.25) is 0 Å². The van der Waals surface area contributed by atoms with Gasteiger partial charge in [-0.25, -0.2) is 4.79 Å². The van der Waals surface area contributed by atoms with Gasteiger partial charge in [-0.15, -0.1) is 0 Å². The van der Waals surface area contributed by atoms with Crippen molar-refractivity contribution in [1.29, 1.82) is 0 Å². The number of carbonyl (C=O) groups is 1. The summed E-state index contributed by atoms with van der Waals surface area (Å²) in [5.41, 5.74) is 1.12.